The number of nitrogens with one attached hydrogen (secondary N) is 2. The average molecular weight is 416 g/mol. The van der Waals surface area contributed by atoms with Crippen LogP contribution in [-0.2, 0) is 4.79 Å². The summed E-state index contributed by atoms with van der Waals surface area (Å²) in [5, 5.41) is 25.5. The predicted molar refractivity (Wildman–Crippen MR) is 112 cm³/mol. The van der Waals surface area contributed by atoms with Gasteiger partial charge in [0.1, 0.15) is 0 Å². The van der Waals surface area contributed by atoms with E-state index >= 15 is 0 Å². The van der Waals surface area contributed by atoms with Crippen LogP contribution in [0, 0.1) is 24.0 Å². The molecule has 0 aliphatic heterocycles. The number of nitrogens with zero attached hydrogens (tertiary/aromatic N) is 3. The summed E-state index contributed by atoms with van der Waals surface area (Å²) in [7, 11) is 0. The molecule has 0 saturated heterocycles. The zero-order valence-corrected chi connectivity index (χ0v) is 16.8. The molecular formula is C18H17N5O3S2. The lowest BCUT2D eigenvalue weighted by Gasteiger charge is -2.07. The highest BCUT2D eigenvalue weighted by Crippen LogP contribution is 2.28. The Hall–Kier alpha value is -2.98. The zero-order chi connectivity index (χ0) is 20.1. The normalized spacial score (nSPS) is 10.5. The number of rotatable bonds is 7. The van der Waals surface area contributed by atoms with Crippen LogP contribution < -0.4 is 10.6 Å². The minimum absolute atomic E-state index is 0.0653. The largest absolute Gasteiger partial charge is 0.330 e. The third-order valence-electron chi connectivity index (χ3n) is 3.74. The topological polar surface area (TPSA) is 110 Å². The van der Waals surface area contributed by atoms with Crippen molar-refractivity contribution in [3.8, 4) is 0 Å². The second-order valence-electron chi connectivity index (χ2n) is 5.96. The van der Waals surface area contributed by atoms with Crippen molar-refractivity contribution in [3.05, 3.63) is 63.7 Å². The Morgan fingerprint density at radius 1 is 1.18 bits per heavy atom. The van der Waals surface area contributed by atoms with Crippen LogP contribution in [0.5, 0.6) is 0 Å². The lowest BCUT2D eigenvalue weighted by Crippen LogP contribution is -2.15. The number of hydrogen-bond donors (Lipinski definition) is 2. The molecule has 0 spiro atoms. The standard InChI is InChI=1S/C18H17N5O3S2/c1-11-3-6-13(7-4-11)19-17-21-22-18(28-17)27-10-16(24)20-15-9-14(23(25)26)8-5-12(15)2/h3-9H,10H2,1-2H3,(H,19,21)(H,20,24). The predicted octanol–water partition coefficient (Wildman–Crippen LogP) is 4.54. The Balaban J connectivity index is 1.55. The summed E-state index contributed by atoms with van der Waals surface area (Å²) in [5.41, 5.74) is 3.20. The van der Waals surface area contributed by atoms with E-state index in [9.17, 15) is 14.9 Å². The molecule has 0 aliphatic carbocycles. The molecule has 3 rings (SSSR count). The summed E-state index contributed by atoms with van der Waals surface area (Å²) in [4.78, 5) is 22.6. The molecule has 2 aromatic carbocycles. The van der Waals surface area contributed by atoms with Crippen LogP contribution in [-0.4, -0.2) is 26.8 Å². The summed E-state index contributed by atoms with van der Waals surface area (Å²) in [5.74, 6) is -0.141. The van der Waals surface area contributed by atoms with Crippen LogP contribution >= 0.6 is 23.1 Å². The first-order chi connectivity index (χ1) is 13.4. The molecule has 28 heavy (non-hydrogen) atoms. The van der Waals surface area contributed by atoms with E-state index in [1.807, 2.05) is 31.2 Å². The molecule has 8 nitrogen and oxygen atoms in total. The van der Waals surface area contributed by atoms with Gasteiger partial charge in [-0.1, -0.05) is 46.9 Å². The fourth-order valence-electron chi connectivity index (χ4n) is 2.25. The van der Waals surface area contributed by atoms with E-state index < -0.39 is 4.92 Å². The van der Waals surface area contributed by atoms with Crippen molar-refractivity contribution in [2.75, 3.05) is 16.4 Å². The van der Waals surface area contributed by atoms with Gasteiger partial charge in [-0.05, 0) is 31.5 Å². The fraction of sp³-hybridized carbons (Fsp3) is 0.167. The molecule has 3 aromatic rings. The van der Waals surface area contributed by atoms with Gasteiger partial charge in [0.05, 0.1) is 16.4 Å². The maximum absolute atomic E-state index is 12.2. The zero-order valence-electron chi connectivity index (χ0n) is 15.1. The van der Waals surface area contributed by atoms with Crippen molar-refractivity contribution in [3.63, 3.8) is 0 Å². The fourth-order valence-corrected chi connectivity index (χ4v) is 3.82. The van der Waals surface area contributed by atoms with Crippen LogP contribution in [0.1, 0.15) is 11.1 Å². The smallest absolute Gasteiger partial charge is 0.271 e. The molecule has 0 unspecified atom stereocenters. The lowest BCUT2D eigenvalue weighted by atomic mass is 10.2. The van der Waals surface area contributed by atoms with Crippen LogP contribution in [0.15, 0.2) is 46.8 Å². The third-order valence-corrected chi connectivity index (χ3v) is 5.71. The van der Waals surface area contributed by atoms with Gasteiger partial charge in [0.25, 0.3) is 5.69 Å². The molecule has 0 aliphatic rings. The summed E-state index contributed by atoms with van der Waals surface area (Å²) >= 11 is 2.61. The lowest BCUT2D eigenvalue weighted by molar-refractivity contribution is -0.384. The summed E-state index contributed by atoms with van der Waals surface area (Å²) in [6, 6.07) is 12.3. The molecule has 0 bridgehead atoms. The number of carbonyl (C=O) groups is 1. The van der Waals surface area contributed by atoms with Crippen LogP contribution in [0.2, 0.25) is 0 Å². The summed E-state index contributed by atoms with van der Waals surface area (Å²) in [6.45, 7) is 3.80. The molecule has 2 N–H and O–H groups in total. The van der Waals surface area contributed by atoms with E-state index in [1.165, 1.54) is 40.8 Å². The number of carbonyl (C=O) groups excluding carboxylic acids is 1. The van der Waals surface area contributed by atoms with E-state index in [2.05, 4.69) is 20.8 Å². The number of amides is 1. The monoisotopic (exact) mass is 415 g/mol. The van der Waals surface area contributed by atoms with E-state index in [1.54, 1.807) is 13.0 Å². The quantitative estimate of drug-likeness (QED) is 0.331. The highest BCUT2D eigenvalue weighted by Gasteiger charge is 2.13. The molecular weight excluding hydrogens is 398 g/mol. The van der Waals surface area contributed by atoms with Crippen molar-refractivity contribution in [2.24, 2.45) is 0 Å². The molecule has 10 heteroatoms. The molecule has 0 saturated carbocycles. The van der Waals surface area contributed by atoms with Gasteiger partial charge in [0, 0.05) is 17.8 Å². The summed E-state index contributed by atoms with van der Waals surface area (Å²) in [6.07, 6.45) is 0. The van der Waals surface area contributed by atoms with Crippen LogP contribution in [0.4, 0.5) is 22.2 Å². The highest BCUT2D eigenvalue weighted by atomic mass is 32.2. The van der Waals surface area contributed by atoms with Gasteiger partial charge < -0.3 is 10.6 Å². The van der Waals surface area contributed by atoms with E-state index in [0.29, 0.717) is 15.2 Å². The Morgan fingerprint density at radius 2 is 1.93 bits per heavy atom. The van der Waals surface area contributed by atoms with Crippen molar-refractivity contribution in [1.29, 1.82) is 0 Å². The van der Waals surface area contributed by atoms with E-state index in [0.717, 1.165) is 11.3 Å². The first-order valence-corrected chi connectivity index (χ1v) is 10.1. The Bertz CT molecular complexity index is 1000. The van der Waals surface area contributed by atoms with Crippen molar-refractivity contribution in [2.45, 2.75) is 18.2 Å². The average Bonchev–Trinajstić information content (AvgIpc) is 3.11. The second kappa shape index (κ2) is 8.81. The summed E-state index contributed by atoms with van der Waals surface area (Å²) < 4.78 is 0.653. The maximum atomic E-state index is 12.2. The number of anilines is 3. The molecule has 0 fully saturated rings. The second-order valence-corrected chi connectivity index (χ2v) is 8.16. The van der Waals surface area contributed by atoms with Gasteiger partial charge in [0.15, 0.2) is 4.34 Å². The highest BCUT2D eigenvalue weighted by molar-refractivity contribution is 8.01. The van der Waals surface area contributed by atoms with E-state index in [-0.39, 0.29) is 17.3 Å². The van der Waals surface area contributed by atoms with Gasteiger partial charge >= 0.3 is 0 Å². The van der Waals surface area contributed by atoms with Crippen molar-refractivity contribution >= 4 is 51.2 Å². The number of nitro groups is 1. The molecule has 1 aromatic heterocycles. The Labute approximate surface area is 169 Å². The maximum Gasteiger partial charge on any atom is 0.271 e. The van der Waals surface area contributed by atoms with Gasteiger partial charge in [0.2, 0.25) is 11.0 Å². The van der Waals surface area contributed by atoms with Gasteiger partial charge in [-0.25, -0.2) is 0 Å². The molecule has 0 atom stereocenters. The Kier molecular flexibility index (Phi) is 6.22. The first-order valence-electron chi connectivity index (χ1n) is 8.25. The minimum atomic E-state index is -0.492. The van der Waals surface area contributed by atoms with Crippen molar-refractivity contribution in [1.82, 2.24) is 10.2 Å². The van der Waals surface area contributed by atoms with Crippen LogP contribution in [0.3, 0.4) is 0 Å². The molecule has 144 valence electrons. The van der Waals surface area contributed by atoms with Gasteiger partial charge in [-0.2, -0.15) is 0 Å². The molecule has 1 amide bonds. The number of non-ortho nitro benzene ring substituents is 1. The van der Waals surface area contributed by atoms with E-state index in [4.69, 9.17) is 0 Å². The number of hydrogen-bond acceptors (Lipinski definition) is 8. The Morgan fingerprint density at radius 3 is 2.64 bits per heavy atom. The van der Waals surface area contributed by atoms with Gasteiger partial charge in [-0.3, -0.25) is 14.9 Å². The minimum Gasteiger partial charge on any atom is -0.330 e. The first kappa shape index (κ1) is 19.8. The third kappa shape index (κ3) is 5.27. The number of nitro benzene ring substituents is 1. The molecule has 1 heterocycles. The number of benzene rings is 2. The number of aromatic nitrogens is 2. The SMILES string of the molecule is Cc1ccc(Nc2nnc(SCC(=O)Nc3cc([N+](=O)[O-])ccc3C)s2)cc1. The van der Waals surface area contributed by atoms with Crippen LogP contribution in [0.25, 0.3) is 0 Å². The van der Waals surface area contributed by atoms with Gasteiger partial charge in [-0.15, -0.1) is 10.2 Å². The number of aryl methyl sites for hydroxylation is 2. The molecule has 0 radical (unpaired) electrons. The van der Waals surface area contributed by atoms with Crippen molar-refractivity contribution < 1.29 is 9.72 Å². The number of thioether (sulfide) groups is 1.